The van der Waals surface area contributed by atoms with Crippen LogP contribution in [-0.2, 0) is 16.0 Å². The first-order valence-corrected chi connectivity index (χ1v) is 7.12. The molecule has 1 heterocycles. The molecule has 0 aliphatic heterocycles. The van der Waals surface area contributed by atoms with Gasteiger partial charge in [0.15, 0.2) is 0 Å². The molecule has 7 heteroatoms. The predicted octanol–water partition coefficient (Wildman–Crippen LogP) is 3.82. The number of ether oxygens (including phenoxy) is 2. The number of furan rings is 1. The third-order valence-corrected chi connectivity index (χ3v) is 2.32. The Bertz CT molecular complexity index is 586. The van der Waals surface area contributed by atoms with Crippen LogP contribution in [0.15, 0.2) is 16.7 Å². The van der Waals surface area contributed by atoms with Crippen molar-refractivity contribution in [1.29, 1.82) is 5.26 Å². The van der Waals surface area contributed by atoms with E-state index in [1.54, 1.807) is 41.5 Å². The van der Waals surface area contributed by atoms with Crippen molar-refractivity contribution in [3.8, 4) is 6.07 Å². The predicted molar refractivity (Wildman–Crippen MR) is 81.4 cm³/mol. The van der Waals surface area contributed by atoms with E-state index in [2.05, 4.69) is 0 Å². The third-order valence-electron chi connectivity index (χ3n) is 2.32. The Labute approximate surface area is 135 Å². The standard InChI is InChI=1S/C16H22N2O5/c1-15(2,3)22-13(19)18(14(20)23-16(4,5)6)9-12-7-11(8-17)10-21-12/h7,10H,9H2,1-6H3. The van der Waals surface area contributed by atoms with Crippen molar-refractivity contribution in [2.75, 3.05) is 0 Å². The number of carbonyl (C=O) groups excluding carboxylic acids is 2. The fourth-order valence-electron chi connectivity index (χ4n) is 1.52. The molecule has 0 saturated carbocycles. The number of rotatable bonds is 2. The summed E-state index contributed by atoms with van der Waals surface area (Å²) in [5.74, 6) is 0.276. The topological polar surface area (TPSA) is 92.8 Å². The van der Waals surface area contributed by atoms with Crippen LogP contribution in [0.4, 0.5) is 9.59 Å². The molecule has 0 N–H and O–H groups in total. The molecular weight excluding hydrogens is 300 g/mol. The van der Waals surface area contributed by atoms with Gasteiger partial charge in [0.05, 0.1) is 12.1 Å². The average molecular weight is 322 g/mol. The average Bonchev–Trinajstić information content (AvgIpc) is 2.79. The quantitative estimate of drug-likeness (QED) is 0.821. The van der Waals surface area contributed by atoms with Crippen molar-refractivity contribution < 1.29 is 23.5 Å². The van der Waals surface area contributed by atoms with Gasteiger partial charge in [-0.15, -0.1) is 0 Å². The summed E-state index contributed by atoms with van der Waals surface area (Å²) in [5, 5.41) is 8.80. The Morgan fingerprint density at radius 2 is 1.61 bits per heavy atom. The number of nitrogens with zero attached hydrogens (tertiary/aromatic N) is 2. The van der Waals surface area contributed by atoms with Crippen LogP contribution in [0.25, 0.3) is 0 Å². The SMILES string of the molecule is CC(C)(C)OC(=O)N(Cc1cc(C#N)co1)C(=O)OC(C)(C)C. The van der Waals surface area contributed by atoms with E-state index in [0.29, 0.717) is 5.56 Å². The van der Waals surface area contributed by atoms with Crippen molar-refractivity contribution in [2.24, 2.45) is 0 Å². The molecule has 0 aromatic carbocycles. The number of carbonyl (C=O) groups is 2. The summed E-state index contributed by atoms with van der Waals surface area (Å²) < 4.78 is 15.6. The monoisotopic (exact) mass is 322 g/mol. The summed E-state index contributed by atoms with van der Waals surface area (Å²) in [4.78, 5) is 25.3. The van der Waals surface area contributed by atoms with Gasteiger partial charge in [-0.3, -0.25) is 0 Å². The zero-order chi connectivity index (χ0) is 17.8. The van der Waals surface area contributed by atoms with Crippen LogP contribution < -0.4 is 0 Å². The lowest BCUT2D eigenvalue weighted by Gasteiger charge is -2.28. The molecule has 0 unspecified atom stereocenters. The molecule has 0 saturated heterocycles. The molecule has 1 rings (SSSR count). The molecular formula is C16H22N2O5. The number of amides is 2. The minimum absolute atomic E-state index is 0.189. The Hall–Kier alpha value is -2.49. The first-order chi connectivity index (χ1) is 10.4. The van der Waals surface area contributed by atoms with Gasteiger partial charge in [-0.2, -0.15) is 5.26 Å². The third kappa shape index (κ3) is 6.43. The zero-order valence-electron chi connectivity index (χ0n) is 14.3. The summed E-state index contributed by atoms with van der Waals surface area (Å²) in [6.07, 6.45) is -0.444. The van der Waals surface area contributed by atoms with Gasteiger partial charge in [0, 0.05) is 0 Å². The highest BCUT2D eigenvalue weighted by molar-refractivity contribution is 5.88. The van der Waals surface area contributed by atoms with Crippen LogP contribution in [0.1, 0.15) is 52.9 Å². The van der Waals surface area contributed by atoms with E-state index < -0.39 is 23.4 Å². The minimum atomic E-state index is -0.846. The highest BCUT2D eigenvalue weighted by Crippen LogP contribution is 2.18. The Morgan fingerprint density at radius 1 is 1.13 bits per heavy atom. The minimum Gasteiger partial charge on any atom is -0.466 e. The second-order valence-electron chi connectivity index (χ2n) is 6.96. The number of nitriles is 1. The summed E-state index contributed by atoms with van der Waals surface area (Å²) in [6, 6.07) is 3.36. The Morgan fingerprint density at radius 3 is 1.96 bits per heavy atom. The summed E-state index contributed by atoms with van der Waals surface area (Å²) in [5.41, 5.74) is -1.23. The highest BCUT2D eigenvalue weighted by atomic mass is 16.6. The van der Waals surface area contributed by atoms with E-state index in [0.717, 1.165) is 4.90 Å². The van der Waals surface area contributed by atoms with Gasteiger partial charge < -0.3 is 13.9 Å². The van der Waals surface area contributed by atoms with Gasteiger partial charge in [-0.1, -0.05) is 0 Å². The zero-order valence-corrected chi connectivity index (χ0v) is 14.3. The second-order valence-corrected chi connectivity index (χ2v) is 6.96. The lowest BCUT2D eigenvalue weighted by atomic mass is 10.2. The van der Waals surface area contributed by atoms with Gasteiger partial charge in [0.1, 0.15) is 29.3 Å². The normalized spacial score (nSPS) is 11.5. The summed E-state index contributed by atoms with van der Waals surface area (Å²) in [7, 11) is 0. The molecule has 1 aromatic rings. The van der Waals surface area contributed by atoms with Crippen molar-refractivity contribution in [3.05, 3.63) is 23.7 Å². The molecule has 0 aliphatic rings. The van der Waals surface area contributed by atoms with Crippen molar-refractivity contribution in [3.63, 3.8) is 0 Å². The van der Waals surface area contributed by atoms with Crippen molar-refractivity contribution in [2.45, 2.75) is 59.3 Å². The van der Waals surface area contributed by atoms with Crippen LogP contribution in [0.2, 0.25) is 0 Å². The summed E-state index contributed by atoms with van der Waals surface area (Å²) >= 11 is 0. The Kier molecular flexibility index (Phi) is 5.43. The lowest BCUT2D eigenvalue weighted by molar-refractivity contribution is -0.00143. The lowest BCUT2D eigenvalue weighted by Crippen LogP contribution is -2.43. The van der Waals surface area contributed by atoms with E-state index in [9.17, 15) is 9.59 Å². The van der Waals surface area contributed by atoms with E-state index in [-0.39, 0.29) is 12.3 Å². The largest absolute Gasteiger partial charge is 0.466 e. The molecule has 0 aliphatic carbocycles. The van der Waals surface area contributed by atoms with Gasteiger partial charge in [0.25, 0.3) is 0 Å². The van der Waals surface area contributed by atoms with E-state index in [4.69, 9.17) is 19.2 Å². The van der Waals surface area contributed by atoms with Crippen LogP contribution >= 0.6 is 0 Å². The number of hydrogen-bond donors (Lipinski definition) is 0. The molecule has 0 bridgehead atoms. The van der Waals surface area contributed by atoms with Crippen molar-refractivity contribution >= 4 is 12.2 Å². The van der Waals surface area contributed by atoms with E-state index in [1.807, 2.05) is 6.07 Å². The van der Waals surface area contributed by atoms with Crippen LogP contribution in [-0.4, -0.2) is 28.3 Å². The second kappa shape index (κ2) is 6.73. The molecule has 7 nitrogen and oxygen atoms in total. The molecule has 0 radical (unpaired) electrons. The highest BCUT2D eigenvalue weighted by Gasteiger charge is 2.32. The first-order valence-electron chi connectivity index (χ1n) is 7.12. The molecule has 1 aromatic heterocycles. The summed E-state index contributed by atoms with van der Waals surface area (Å²) in [6.45, 7) is 9.97. The van der Waals surface area contributed by atoms with E-state index in [1.165, 1.54) is 12.3 Å². The van der Waals surface area contributed by atoms with Crippen LogP contribution in [0.3, 0.4) is 0 Å². The molecule has 2 amide bonds. The molecule has 0 spiro atoms. The fraction of sp³-hybridized carbons (Fsp3) is 0.562. The van der Waals surface area contributed by atoms with Gasteiger partial charge in [-0.25, -0.2) is 14.5 Å². The number of imide groups is 1. The molecule has 0 atom stereocenters. The Balaban J connectivity index is 2.98. The fourth-order valence-corrected chi connectivity index (χ4v) is 1.52. The van der Waals surface area contributed by atoms with Gasteiger partial charge in [0.2, 0.25) is 0 Å². The van der Waals surface area contributed by atoms with Crippen molar-refractivity contribution in [1.82, 2.24) is 4.90 Å². The maximum Gasteiger partial charge on any atom is 0.420 e. The van der Waals surface area contributed by atoms with E-state index >= 15 is 0 Å². The van der Waals surface area contributed by atoms with Gasteiger partial charge >= 0.3 is 12.2 Å². The maximum atomic E-state index is 12.3. The van der Waals surface area contributed by atoms with Gasteiger partial charge in [-0.05, 0) is 47.6 Å². The smallest absolute Gasteiger partial charge is 0.420 e. The molecule has 126 valence electrons. The van der Waals surface area contributed by atoms with Crippen LogP contribution in [0, 0.1) is 11.3 Å². The molecule has 23 heavy (non-hydrogen) atoms. The number of hydrogen-bond acceptors (Lipinski definition) is 6. The molecule has 0 fully saturated rings. The first kappa shape index (κ1) is 18.6. The van der Waals surface area contributed by atoms with Crippen LogP contribution in [0.5, 0.6) is 0 Å². The maximum absolute atomic E-state index is 12.3.